The molecule has 6 heteroatoms. The lowest BCUT2D eigenvalue weighted by Gasteiger charge is -2.22. The van der Waals surface area contributed by atoms with Crippen LogP contribution in [-0.2, 0) is 14.4 Å². The predicted octanol–water partition coefficient (Wildman–Crippen LogP) is -0.783. The molecule has 0 aliphatic carbocycles. The molecule has 2 aliphatic heterocycles. The summed E-state index contributed by atoms with van der Waals surface area (Å²) in [5.41, 5.74) is -0.371. The quantitative estimate of drug-likeness (QED) is 0.644. The van der Waals surface area contributed by atoms with Crippen LogP contribution in [0.15, 0.2) is 0 Å². The Morgan fingerprint density at radius 2 is 2.35 bits per heavy atom. The van der Waals surface area contributed by atoms with E-state index in [0.29, 0.717) is 19.5 Å². The van der Waals surface area contributed by atoms with E-state index in [2.05, 4.69) is 5.32 Å². The molecule has 2 amide bonds. The highest BCUT2D eigenvalue weighted by Gasteiger charge is 2.52. The number of hydrogen-bond acceptors (Lipinski definition) is 4. The first-order valence-corrected chi connectivity index (χ1v) is 5.80. The zero-order valence-electron chi connectivity index (χ0n) is 10.5. The van der Waals surface area contributed by atoms with Gasteiger partial charge in [-0.2, -0.15) is 0 Å². The zero-order valence-corrected chi connectivity index (χ0v) is 10.5. The van der Waals surface area contributed by atoms with Crippen molar-refractivity contribution in [2.45, 2.75) is 18.9 Å². The number of nitrogens with zero attached hydrogens (tertiary/aromatic N) is 2. The Labute approximate surface area is 101 Å². The lowest BCUT2D eigenvalue weighted by Crippen LogP contribution is -2.41. The summed E-state index contributed by atoms with van der Waals surface area (Å²) in [5, 5.41) is 4.08. The molecule has 0 aromatic carbocycles. The third-order valence-electron chi connectivity index (χ3n) is 3.91. The molecule has 0 aromatic heterocycles. The van der Waals surface area contributed by atoms with Crippen LogP contribution in [0.1, 0.15) is 12.8 Å². The maximum absolute atomic E-state index is 12.1. The van der Waals surface area contributed by atoms with E-state index in [1.54, 1.807) is 7.05 Å². The van der Waals surface area contributed by atoms with Crippen molar-refractivity contribution in [3.05, 3.63) is 0 Å². The van der Waals surface area contributed by atoms with Crippen LogP contribution in [0.25, 0.3) is 0 Å². The highest BCUT2D eigenvalue weighted by molar-refractivity contribution is 5.88. The van der Waals surface area contributed by atoms with E-state index in [1.165, 1.54) is 12.2 Å². The summed E-state index contributed by atoms with van der Waals surface area (Å²) < 4.78 is 0. The first kappa shape index (κ1) is 12.3. The largest absolute Gasteiger partial charge is 0.356 e. The summed E-state index contributed by atoms with van der Waals surface area (Å²) >= 11 is 0. The van der Waals surface area contributed by atoms with Crippen molar-refractivity contribution in [2.75, 3.05) is 34.3 Å². The number of rotatable bonds is 2. The zero-order chi connectivity index (χ0) is 12.6. The van der Waals surface area contributed by atoms with Crippen molar-refractivity contribution in [2.24, 2.45) is 5.41 Å². The Bertz CT molecular complexity index is 347. The topological polar surface area (TPSA) is 61.9 Å². The third kappa shape index (κ3) is 1.91. The van der Waals surface area contributed by atoms with Crippen LogP contribution in [0, 0.1) is 5.41 Å². The van der Waals surface area contributed by atoms with Gasteiger partial charge in [-0.1, -0.05) is 0 Å². The fourth-order valence-corrected chi connectivity index (χ4v) is 2.82. The maximum Gasteiger partial charge on any atom is 0.263 e. The molecule has 2 rings (SSSR count). The second-order valence-corrected chi connectivity index (χ2v) is 4.94. The first-order chi connectivity index (χ1) is 8.00. The smallest absolute Gasteiger partial charge is 0.263 e. The minimum absolute atomic E-state index is 0.0831. The average molecular weight is 241 g/mol. The van der Waals surface area contributed by atoms with Crippen LogP contribution in [-0.4, -0.2) is 62.1 Å². The Morgan fingerprint density at radius 3 is 2.88 bits per heavy atom. The number of likely N-dealkylation sites (N-methyl/N-ethyl adjacent to an activating group) is 2. The van der Waals surface area contributed by atoms with Crippen molar-refractivity contribution in [3.63, 3.8) is 0 Å². The molecule has 2 aliphatic rings. The number of hydrogen-bond donors (Lipinski definition) is 1. The van der Waals surface area contributed by atoms with Gasteiger partial charge in [-0.3, -0.25) is 19.3 Å². The molecule has 2 unspecified atom stereocenters. The van der Waals surface area contributed by atoms with Crippen LogP contribution in [0.3, 0.4) is 0 Å². The van der Waals surface area contributed by atoms with Gasteiger partial charge in [0.1, 0.15) is 0 Å². The number of amides is 2. The minimum Gasteiger partial charge on any atom is -0.356 e. The standard InChI is InChI=1S/C11H19N3O3/c1-13-7-11(4-5-12-10(11)16)6-8(13)9(15)14(2)17-3/h8H,4-7H2,1-3H3,(H,12,16). The SMILES string of the molecule is CON(C)C(=O)C1CC2(CCNC2=O)CN1C. The predicted molar refractivity (Wildman–Crippen MR) is 60.9 cm³/mol. The second kappa shape index (κ2) is 4.27. The monoisotopic (exact) mass is 241 g/mol. The Hall–Kier alpha value is -1.14. The van der Waals surface area contributed by atoms with Gasteiger partial charge in [0, 0.05) is 20.1 Å². The fraction of sp³-hybridized carbons (Fsp3) is 0.818. The van der Waals surface area contributed by atoms with Crippen LogP contribution >= 0.6 is 0 Å². The van der Waals surface area contributed by atoms with Crippen LogP contribution in [0.4, 0.5) is 0 Å². The fourth-order valence-electron chi connectivity index (χ4n) is 2.82. The van der Waals surface area contributed by atoms with E-state index in [4.69, 9.17) is 4.84 Å². The Kier molecular flexibility index (Phi) is 3.09. The van der Waals surface area contributed by atoms with E-state index in [0.717, 1.165) is 6.42 Å². The molecular weight excluding hydrogens is 222 g/mol. The summed E-state index contributed by atoms with van der Waals surface area (Å²) in [5.74, 6) is -0.00806. The highest BCUT2D eigenvalue weighted by atomic mass is 16.7. The number of nitrogens with one attached hydrogen (secondary N) is 1. The number of carbonyl (C=O) groups excluding carboxylic acids is 2. The summed E-state index contributed by atoms with van der Waals surface area (Å²) in [6, 6.07) is -0.260. The Morgan fingerprint density at radius 1 is 1.65 bits per heavy atom. The molecule has 0 bridgehead atoms. The molecule has 2 heterocycles. The van der Waals surface area contributed by atoms with E-state index < -0.39 is 0 Å². The van der Waals surface area contributed by atoms with Gasteiger partial charge in [0.05, 0.1) is 18.6 Å². The summed E-state index contributed by atoms with van der Waals surface area (Å²) in [6.45, 7) is 1.36. The second-order valence-electron chi connectivity index (χ2n) is 4.94. The van der Waals surface area contributed by atoms with Crippen molar-refractivity contribution in [3.8, 4) is 0 Å². The summed E-state index contributed by atoms with van der Waals surface area (Å²) in [7, 11) is 4.94. The maximum atomic E-state index is 12.1. The first-order valence-electron chi connectivity index (χ1n) is 5.80. The van der Waals surface area contributed by atoms with Crippen LogP contribution < -0.4 is 5.32 Å². The Balaban J connectivity index is 2.12. The van der Waals surface area contributed by atoms with Crippen molar-refractivity contribution >= 4 is 11.8 Å². The van der Waals surface area contributed by atoms with Crippen molar-refractivity contribution in [1.29, 1.82) is 0 Å². The van der Waals surface area contributed by atoms with E-state index in [-0.39, 0.29) is 23.3 Å². The number of likely N-dealkylation sites (tertiary alicyclic amines) is 1. The molecule has 0 saturated carbocycles. The van der Waals surface area contributed by atoms with Gasteiger partial charge in [-0.25, -0.2) is 5.06 Å². The van der Waals surface area contributed by atoms with Gasteiger partial charge < -0.3 is 5.32 Å². The van der Waals surface area contributed by atoms with Crippen molar-refractivity contribution < 1.29 is 14.4 Å². The van der Waals surface area contributed by atoms with Crippen LogP contribution in [0.5, 0.6) is 0 Å². The van der Waals surface area contributed by atoms with Crippen LogP contribution in [0.2, 0.25) is 0 Å². The van der Waals surface area contributed by atoms with Gasteiger partial charge in [-0.05, 0) is 19.9 Å². The minimum atomic E-state index is -0.371. The summed E-state index contributed by atoms with van der Waals surface area (Å²) in [6.07, 6.45) is 1.40. The number of hydroxylamine groups is 2. The molecule has 96 valence electrons. The summed E-state index contributed by atoms with van der Waals surface area (Å²) in [4.78, 5) is 30.8. The molecular formula is C11H19N3O3. The third-order valence-corrected chi connectivity index (χ3v) is 3.91. The molecule has 2 fully saturated rings. The molecule has 0 aromatic rings. The van der Waals surface area contributed by atoms with Gasteiger partial charge in [-0.15, -0.1) is 0 Å². The molecule has 2 saturated heterocycles. The lowest BCUT2D eigenvalue weighted by atomic mass is 9.84. The molecule has 1 spiro atoms. The van der Waals surface area contributed by atoms with E-state index in [1.807, 2.05) is 11.9 Å². The van der Waals surface area contributed by atoms with Gasteiger partial charge in [0.2, 0.25) is 5.91 Å². The molecule has 2 atom stereocenters. The molecule has 0 radical (unpaired) electrons. The average Bonchev–Trinajstić information content (AvgIpc) is 2.82. The molecule has 17 heavy (non-hydrogen) atoms. The van der Waals surface area contributed by atoms with E-state index in [9.17, 15) is 9.59 Å². The van der Waals surface area contributed by atoms with Gasteiger partial charge in [0.15, 0.2) is 0 Å². The molecule has 1 N–H and O–H groups in total. The molecule has 6 nitrogen and oxygen atoms in total. The van der Waals surface area contributed by atoms with E-state index >= 15 is 0 Å². The highest BCUT2D eigenvalue weighted by Crippen LogP contribution is 2.40. The normalized spacial score (nSPS) is 33.1. The number of carbonyl (C=O) groups is 2. The van der Waals surface area contributed by atoms with Gasteiger partial charge >= 0.3 is 0 Å². The van der Waals surface area contributed by atoms with Crippen molar-refractivity contribution in [1.82, 2.24) is 15.3 Å². The lowest BCUT2D eigenvalue weighted by molar-refractivity contribution is -0.173. The van der Waals surface area contributed by atoms with Gasteiger partial charge in [0.25, 0.3) is 5.91 Å².